The summed E-state index contributed by atoms with van der Waals surface area (Å²) in [6.07, 6.45) is 3.22. The van der Waals surface area contributed by atoms with Gasteiger partial charge in [-0.3, -0.25) is 14.4 Å². The summed E-state index contributed by atoms with van der Waals surface area (Å²) in [6, 6.07) is -0.593. The molecule has 0 aromatic heterocycles. The molecule has 2 aliphatic rings. The molecular weight excluding hydrogens is 358 g/mol. The minimum absolute atomic E-state index is 0.148. The lowest BCUT2D eigenvalue weighted by atomic mass is 9.88. The molecular formula is C21H37N3O4. The quantitative estimate of drug-likeness (QED) is 0.689. The third-order valence-electron chi connectivity index (χ3n) is 5.89. The normalized spacial score (nSPS) is 21.6. The molecule has 0 bridgehead atoms. The van der Waals surface area contributed by atoms with Gasteiger partial charge in [-0.25, -0.2) is 0 Å². The molecule has 2 N–H and O–H groups in total. The second kappa shape index (κ2) is 8.39. The third-order valence-corrected chi connectivity index (χ3v) is 5.89. The number of carbonyl (C=O) groups is 3. The van der Waals surface area contributed by atoms with E-state index in [0.717, 1.165) is 12.8 Å². The fourth-order valence-electron chi connectivity index (χ4n) is 3.42. The number of hydrogen-bond donors (Lipinski definition) is 2. The molecule has 160 valence electrons. The van der Waals surface area contributed by atoms with Crippen LogP contribution in [0.1, 0.15) is 67.2 Å². The smallest absolute Gasteiger partial charge is 0.242 e. The monoisotopic (exact) mass is 395 g/mol. The highest BCUT2D eigenvalue weighted by Gasteiger charge is 2.52. The zero-order valence-electron chi connectivity index (χ0n) is 18.3. The number of nitrogens with zero attached hydrogens (tertiary/aromatic N) is 1. The van der Waals surface area contributed by atoms with Crippen LogP contribution >= 0.6 is 0 Å². The fraction of sp³-hybridized carbons (Fsp3) is 0.857. The van der Waals surface area contributed by atoms with Crippen molar-refractivity contribution < 1.29 is 19.1 Å². The molecule has 3 amide bonds. The van der Waals surface area contributed by atoms with E-state index >= 15 is 0 Å². The van der Waals surface area contributed by atoms with Crippen LogP contribution in [0.5, 0.6) is 0 Å². The van der Waals surface area contributed by atoms with E-state index in [1.807, 2.05) is 39.5 Å². The molecule has 1 aliphatic heterocycles. The van der Waals surface area contributed by atoms with E-state index < -0.39 is 11.5 Å². The van der Waals surface area contributed by atoms with Crippen LogP contribution in [0.25, 0.3) is 0 Å². The summed E-state index contributed by atoms with van der Waals surface area (Å²) in [5.74, 6) is -0.139. The third kappa shape index (κ3) is 5.46. The maximum absolute atomic E-state index is 12.9. The van der Waals surface area contributed by atoms with Crippen LogP contribution in [-0.2, 0) is 19.1 Å². The first-order chi connectivity index (χ1) is 12.9. The standard InChI is InChI=1S/C21H37N3O4/c1-7-28-14-21(8-9-21)18(27)24-12-10-20(6,11-13-24)23-16(25)15(2)22-17(26)19(3,4)5/h15H,7-14H2,1-6H3,(H,22,26)(H,23,25). The van der Waals surface area contributed by atoms with Crippen molar-refractivity contribution in [2.75, 3.05) is 26.3 Å². The van der Waals surface area contributed by atoms with Gasteiger partial charge in [0.25, 0.3) is 0 Å². The second-order valence-electron chi connectivity index (χ2n) is 9.70. The number of piperidine rings is 1. The number of likely N-dealkylation sites (tertiary alicyclic amines) is 1. The highest BCUT2D eigenvalue weighted by Crippen LogP contribution is 2.48. The molecule has 0 spiro atoms. The maximum Gasteiger partial charge on any atom is 0.242 e. The number of ether oxygens (including phenoxy) is 1. The van der Waals surface area contributed by atoms with Gasteiger partial charge in [-0.1, -0.05) is 20.8 Å². The van der Waals surface area contributed by atoms with Crippen LogP contribution in [0.3, 0.4) is 0 Å². The van der Waals surface area contributed by atoms with Crippen LogP contribution < -0.4 is 10.6 Å². The molecule has 28 heavy (non-hydrogen) atoms. The minimum Gasteiger partial charge on any atom is -0.381 e. The molecule has 1 aliphatic carbocycles. The lowest BCUT2D eigenvalue weighted by Gasteiger charge is -2.41. The first-order valence-electron chi connectivity index (χ1n) is 10.4. The highest BCUT2D eigenvalue weighted by molar-refractivity contribution is 5.89. The zero-order chi connectivity index (χ0) is 21.2. The lowest BCUT2D eigenvalue weighted by molar-refractivity contribution is -0.141. The summed E-state index contributed by atoms with van der Waals surface area (Å²) in [7, 11) is 0. The number of nitrogens with one attached hydrogen (secondary N) is 2. The second-order valence-corrected chi connectivity index (χ2v) is 9.70. The number of amides is 3. The predicted octanol–water partition coefficient (Wildman–Crippen LogP) is 1.85. The molecule has 1 heterocycles. The molecule has 1 atom stereocenters. The van der Waals surface area contributed by atoms with Crippen LogP contribution in [0.4, 0.5) is 0 Å². The molecule has 7 heteroatoms. The Morgan fingerprint density at radius 2 is 1.68 bits per heavy atom. The molecule has 7 nitrogen and oxygen atoms in total. The number of rotatable bonds is 7. The van der Waals surface area contributed by atoms with Crippen molar-refractivity contribution in [3.8, 4) is 0 Å². The van der Waals surface area contributed by atoms with E-state index in [1.165, 1.54) is 0 Å². The highest BCUT2D eigenvalue weighted by atomic mass is 16.5. The van der Waals surface area contributed by atoms with Gasteiger partial charge >= 0.3 is 0 Å². The number of hydrogen-bond acceptors (Lipinski definition) is 4. The van der Waals surface area contributed by atoms with Crippen molar-refractivity contribution in [1.82, 2.24) is 15.5 Å². The topological polar surface area (TPSA) is 87.7 Å². The average molecular weight is 396 g/mol. The Morgan fingerprint density at radius 3 is 2.14 bits per heavy atom. The Labute approximate surface area is 168 Å². The zero-order valence-corrected chi connectivity index (χ0v) is 18.3. The van der Waals surface area contributed by atoms with Crippen LogP contribution in [0.15, 0.2) is 0 Å². The van der Waals surface area contributed by atoms with Gasteiger partial charge in [-0.05, 0) is 46.5 Å². The summed E-state index contributed by atoms with van der Waals surface area (Å²) < 4.78 is 5.51. The van der Waals surface area contributed by atoms with E-state index in [9.17, 15) is 14.4 Å². The molecule has 1 unspecified atom stereocenters. The van der Waals surface area contributed by atoms with Gasteiger partial charge in [-0.2, -0.15) is 0 Å². The van der Waals surface area contributed by atoms with E-state index in [2.05, 4.69) is 10.6 Å². The first-order valence-corrected chi connectivity index (χ1v) is 10.4. The largest absolute Gasteiger partial charge is 0.381 e. The molecule has 0 aromatic carbocycles. The summed E-state index contributed by atoms with van der Waals surface area (Å²) in [6.45, 7) is 13.5. The van der Waals surface area contributed by atoms with Crippen LogP contribution in [-0.4, -0.2) is 60.5 Å². The van der Waals surface area contributed by atoms with Gasteiger partial charge in [0.15, 0.2) is 0 Å². The summed E-state index contributed by atoms with van der Waals surface area (Å²) in [5.41, 5.74) is -1.21. The van der Waals surface area contributed by atoms with Gasteiger partial charge in [0, 0.05) is 30.7 Å². The Morgan fingerprint density at radius 1 is 1.11 bits per heavy atom. The van der Waals surface area contributed by atoms with E-state index in [1.54, 1.807) is 6.92 Å². The number of carbonyl (C=O) groups excluding carboxylic acids is 3. The molecule has 1 saturated carbocycles. The van der Waals surface area contributed by atoms with Crippen LogP contribution in [0, 0.1) is 10.8 Å². The van der Waals surface area contributed by atoms with Crippen molar-refractivity contribution in [2.45, 2.75) is 78.8 Å². The Bertz CT molecular complexity index is 599. The summed E-state index contributed by atoms with van der Waals surface area (Å²) >= 11 is 0. The van der Waals surface area contributed by atoms with Crippen molar-refractivity contribution in [1.29, 1.82) is 0 Å². The van der Waals surface area contributed by atoms with Gasteiger partial charge in [0.05, 0.1) is 12.0 Å². The predicted molar refractivity (Wildman–Crippen MR) is 108 cm³/mol. The SMILES string of the molecule is CCOCC1(C(=O)N2CCC(C)(NC(=O)C(C)NC(=O)C(C)(C)C)CC2)CC1. The molecule has 1 saturated heterocycles. The molecule has 2 rings (SSSR count). The van der Waals surface area contributed by atoms with E-state index in [0.29, 0.717) is 39.1 Å². The Hall–Kier alpha value is -1.63. The van der Waals surface area contributed by atoms with E-state index in [-0.39, 0.29) is 28.7 Å². The summed E-state index contributed by atoms with van der Waals surface area (Å²) in [5, 5.41) is 5.86. The molecule has 0 radical (unpaired) electrons. The van der Waals surface area contributed by atoms with Gasteiger partial charge in [-0.15, -0.1) is 0 Å². The minimum atomic E-state index is -0.593. The first kappa shape index (κ1) is 22.7. The maximum atomic E-state index is 12.9. The van der Waals surface area contributed by atoms with Crippen molar-refractivity contribution >= 4 is 17.7 Å². The molecule has 2 fully saturated rings. The molecule has 0 aromatic rings. The Balaban J connectivity index is 1.85. The van der Waals surface area contributed by atoms with E-state index in [4.69, 9.17) is 4.74 Å². The van der Waals surface area contributed by atoms with Gasteiger partial charge in [0.2, 0.25) is 17.7 Å². The lowest BCUT2D eigenvalue weighted by Crippen LogP contribution is -2.59. The summed E-state index contributed by atoms with van der Waals surface area (Å²) in [4.78, 5) is 39.4. The van der Waals surface area contributed by atoms with Crippen LogP contribution in [0.2, 0.25) is 0 Å². The van der Waals surface area contributed by atoms with Crippen molar-refractivity contribution in [3.63, 3.8) is 0 Å². The van der Waals surface area contributed by atoms with Gasteiger partial charge < -0.3 is 20.3 Å². The Kier molecular flexibility index (Phi) is 6.79. The average Bonchev–Trinajstić information content (AvgIpc) is 3.40. The van der Waals surface area contributed by atoms with Crippen molar-refractivity contribution in [3.05, 3.63) is 0 Å². The van der Waals surface area contributed by atoms with Gasteiger partial charge in [0.1, 0.15) is 6.04 Å². The fourth-order valence-corrected chi connectivity index (χ4v) is 3.42. The van der Waals surface area contributed by atoms with Crippen molar-refractivity contribution in [2.24, 2.45) is 10.8 Å².